The summed E-state index contributed by atoms with van der Waals surface area (Å²) in [6, 6.07) is 12.5. The van der Waals surface area contributed by atoms with Crippen molar-refractivity contribution in [2.45, 2.75) is 65.1 Å². The second kappa shape index (κ2) is 10.9. The number of rotatable bonds is 10. The third kappa shape index (κ3) is 5.92. The van der Waals surface area contributed by atoms with Crippen molar-refractivity contribution in [1.82, 2.24) is 0 Å². The van der Waals surface area contributed by atoms with Crippen LogP contribution in [0.4, 0.5) is 0 Å². The topological polar surface area (TPSA) is 36.9 Å². The van der Waals surface area contributed by atoms with Gasteiger partial charge in [0, 0.05) is 48.6 Å². The maximum Gasteiger partial charge on any atom is 0.136 e. The molecule has 0 fully saturated rings. The van der Waals surface area contributed by atoms with E-state index >= 15 is 0 Å². The smallest absolute Gasteiger partial charge is 0.136 e. The van der Waals surface area contributed by atoms with Gasteiger partial charge in [0.15, 0.2) is 0 Å². The van der Waals surface area contributed by atoms with Gasteiger partial charge in [0.25, 0.3) is 0 Å². The number of halogens is 1. The molecule has 0 N–H and O–H groups in total. The molecule has 0 amide bonds. The van der Waals surface area contributed by atoms with Crippen LogP contribution in [0.15, 0.2) is 36.4 Å². The molecule has 3 aromatic rings. The van der Waals surface area contributed by atoms with Crippen LogP contribution < -0.4 is 9.47 Å². The lowest BCUT2D eigenvalue weighted by molar-refractivity contribution is 0.0955. The quantitative estimate of drug-likeness (QED) is 0.285. The van der Waals surface area contributed by atoms with E-state index in [1.165, 1.54) is 5.56 Å². The Hall–Kier alpha value is -2.01. The highest BCUT2D eigenvalue weighted by molar-refractivity contribution is 6.37. The minimum atomic E-state index is 0.00817. The first-order chi connectivity index (χ1) is 15.7. The highest BCUT2D eigenvalue weighted by Gasteiger charge is 2.22. The number of hydrogen-bond donors (Lipinski definition) is 0. The summed E-state index contributed by atoms with van der Waals surface area (Å²) in [5.74, 6) is 1.64. The molecule has 0 radical (unpaired) electrons. The average Bonchev–Trinajstić information content (AvgIpc) is 2.78. The summed E-state index contributed by atoms with van der Waals surface area (Å²) in [4.78, 5) is 0. The lowest BCUT2D eigenvalue weighted by atomic mass is 9.85. The molecule has 0 saturated heterocycles. The standard InChI is InChI=1S/C28H37ClO4/c1-18(30-6)13-15-32-26-22-9-8-10-24(29)25(22)27(33-16-14-19(2)31-7)21-12-11-20(17-23(21)26)28(3,4)5/h8-12,17-19H,13-16H2,1-7H3. The van der Waals surface area contributed by atoms with E-state index in [0.29, 0.717) is 18.2 Å². The van der Waals surface area contributed by atoms with Crippen LogP contribution >= 0.6 is 11.6 Å². The van der Waals surface area contributed by atoms with Crippen LogP contribution in [0.1, 0.15) is 53.0 Å². The van der Waals surface area contributed by atoms with Gasteiger partial charge in [0.1, 0.15) is 11.5 Å². The number of methoxy groups -OCH3 is 2. The van der Waals surface area contributed by atoms with Gasteiger partial charge in [0.05, 0.1) is 30.4 Å². The van der Waals surface area contributed by atoms with Crippen LogP contribution in [0.3, 0.4) is 0 Å². The van der Waals surface area contributed by atoms with Gasteiger partial charge in [-0.25, -0.2) is 0 Å². The number of hydrogen-bond acceptors (Lipinski definition) is 4. The molecular weight excluding hydrogens is 436 g/mol. The van der Waals surface area contributed by atoms with Crippen LogP contribution in [0.25, 0.3) is 21.5 Å². The molecule has 33 heavy (non-hydrogen) atoms. The first-order valence-electron chi connectivity index (χ1n) is 11.7. The largest absolute Gasteiger partial charge is 0.492 e. The summed E-state index contributed by atoms with van der Waals surface area (Å²) in [7, 11) is 3.44. The molecule has 0 aliphatic carbocycles. The van der Waals surface area contributed by atoms with E-state index in [2.05, 4.69) is 45.0 Å². The van der Waals surface area contributed by atoms with Crippen molar-refractivity contribution in [3.63, 3.8) is 0 Å². The van der Waals surface area contributed by atoms with Gasteiger partial charge in [-0.05, 0) is 37.0 Å². The Bertz CT molecular complexity index is 1090. The summed E-state index contributed by atoms with van der Waals surface area (Å²) >= 11 is 6.73. The first-order valence-corrected chi connectivity index (χ1v) is 12.0. The van der Waals surface area contributed by atoms with E-state index in [9.17, 15) is 0 Å². The fraction of sp³-hybridized carbons (Fsp3) is 0.500. The van der Waals surface area contributed by atoms with Crippen LogP contribution in [-0.2, 0) is 14.9 Å². The summed E-state index contributed by atoms with van der Waals surface area (Å²) in [6.45, 7) is 11.8. The summed E-state index contributed by atoms with van der Waals surface area (Å²) in [6.07, 6.45) is 1.83. The molecule has 0 saturated carbocycles. The van der Waals surface area contributed by atoms with E-state index < -0.39 is 0 Å². The fourth-order valence-corrected chi connectivity index (χ4v) is 4.08. The predicted octanol–water partition coefficient (Wildman–Crippen LogP) is 7.55. The van der Waals surface area contributed by atoms with Gasteiger partial charge in [-0.3, -0.25) is 0 Å². The minimum absolute atomic E-state index is 0.00817. The van der Waals surface area contributed by atoms with Crippen molar-refractivity contribution in [3.8, 4) is 11.5 Å². The maximum atomic E-state index is 6.73. The van der Waals surface area contributed by atoms with Crippen molar-refractivity contribution in [3.05, 3.63) is 47.0 Å². The number of ether oxygens (including phenoxy) is 4. The lowest BCUT2D eigenvalue weighted by Gasteiger charge is -2.23. The Labute approximate surface area is 203 Å². The molecular formula is C28H37ClO4. The van der Waals surface area contributed by atoms with Crippen molar-refractivity contribution in [2.24, 2.45) is 0 Å². The molecule has 0 aliphatic rings. The van der Waals surface area contributed by atoms with Gasteiger partial charge in [-0.15, -0.1) is 0 Å². The van der Waals surface area contributed by atoms with Crippen molar-refractivity contribution in [2.75, 3.05) is 27.4 Å². The minimum Gasteiger partial charge on any atom is -0.492 e. The Kier molecular flexibility index (Phi) is 8.49. The van der Waals surface area contributed by atoms with E-state index in [-0.39, 0.29) is 17.6 Å². The third-order valence-corrected chi connectivity index (χ3v) is 6.52. The molecule has 180 valence electrons. The lowest BCUT2D eigenvalue weighted by Crippen LogP contribution is -2.13. The molecule has 5 heteroatoms. The van der Waals surface area contributed by atoms with E-state index in [1.807, 2.05) is 26.0 Å². The van der Waals surface area contributed by atoms with E-state index in [0.717, 1.165) is 45.9 Å². The maximum absolute atomic E-state index is 6.73. The van der Waals surface area contributed by atoms with Gasteiger partial charge < -0.3 is 18.9 Å². The predicted molar refractivity (Wildman–Crippen MR) is 138 cm³/mol. The van der Waals surface area contributed by atoms with Gasteiger partial charge >= 0.3 is 0 Å². The normalized spacial score (nSPS) is 13.9. The fourth-order valence-electron chi connectivity index (χ4n) is 3.82. The van der Waals surface area contributed by atoms with E-state index in [4.69, 9.17) is 30.5 Å². The van der Waals surface area contributed by atoms with Crippen molar-refractivity contribution in [1.29, 1.82) is 0 Å². The highest BCUT2D eigenvalue weighted by atomic mass is 35.5. The molecule has 0 bridgehead atoms. The zero-order valence-corrected chi connectivity index (χ0v) is 21.7. The molecule has 0 spiro atoms. The van der Waals surface area contributed by atoms with Crippen molar-refractivity contribution >= 4 is 33.1 Å². The second-order valence-electron chi connectivity index (χ2n) is 9.70. The molecule has 3 rings (SSSR count). The molecule has 2 unspecified atom stereocenters. The zero-order chi connectivity index (χ0) is 24.2. The Morgan fingerprint density at radius 2 is 1.39 bits per heavy atom. The number of fused-ring (bicyclic) bond motifs is 2. The van der Waals surface area contributed by atoms with Crippen LogP contribution in [0.5, 0.6) is 11.5 Å². The van der Waals surface area contributed by atoms with Crippen molar-refractivity contribution < 1.29 is 18.9 Å². The molecule has 0 aromatic heterocycles. The molecule has 0 aliphatic heterocycles. The zero-order valence-electron chi connectivity index (χ0n) is 21.0. The second-order valence-corrected chi connectivity index (χ2v) is 10.1. The highest BCUT2D eigenvalue weighted by Crippen LogP contribution is 2.46. The van der Waals surface area contributed by atoms with Gasteiger partial charge in [0.2, 0.25) is 0 Å². The Morgan fingerprint density at radius 3 is 1.97 bits per heavy atom. The molecule has 0 heterocycles. The Balaban J connectivity index is 2.20. The van der Waals surface area contributed by atoms with Crippen LogP contribution in [0.2, 0.25) is 5.02 Å². The average molecular weight is 473 g/mol. The first kappa shape index (κ1) is 25.6. The van der Waals surface area contributed by atoms with Gasteiger partial charge in [-0.2, -0.15) is 0 Å². The monoisotopic (exact) mass is 472 g/mol. The summed E-state index contributed by atoms with van der Waals surface area (Å²) < 4.78 is 23.6. The molecule has 4 nitrogen and oxygen atoms in total. The SMILES string of the molecule is COC(C)CCOc1c2cc(C(C)(C)C)ccc2c(OCCC(C)OC)c2c(Cl)cccc12. The third-order valence-electron chi connectivity index (χ3n) is 6.21. The van der Waals surface area contributed by atoms with Crippen LogP contribution in [0, 0.1) is 0 Å². The summed E-state index contributed by atoms with van der Waals surface area (Å²) in [5.41, 5.74) is 1.25. The summed E-state index contributed by atoms with van der Waals surface area (Å²) in [5, 5.41) is 4.54. The Morgan fingerprint density at radius 1 is 0.788 bits per heavy atom. The van der Waals surface area contributed by atoms with E-state index in [1.54, 1.807) is 14.2 Å². The molecule has 2 atom stereocenters. The van der Waals surface area contributed by atoms with Gasteiger partial charge in [-0.1, -0.05) is 56.6 Å². The number of benzene rings is 3. The molecule has 3 aromatic carbocycles. The van der Waals surface area contributed by atoms with Crippen LogP contribution in [-0.4, -0.2) is 39.6 Å².